The van der Waals surface area contributed by atoms with E-state index in [9.17, 15) is 13.2 Å². The third-order valence-corrected chi connectivity index (χ3v) is 7.65. The van der Waals surface area contributed by atoms with E-state index in [1.165, 1.54) is 27.6 Å². The van der Waals surface area contributed by atoms with Crippen molar-refractivity contribution >= 4 is 33.0 Å². The first-order valence-corrected chi connectivity index (χ1v) is 10.4. The van der Waals surface area contributed by atoms with Gasteiger partial charge in [-0.05, 0) is 35.7 Å². The van der Waals surface area contributed by atoms with Crippen molar-refractivity contribution in [1.82, 2.24) is 4.90 Å². The van der Waals surface area contributed by atoms with Crippen LogP contribution >= 0.6 is 11.3 Å². The highest BCUT2D eigenvalue weighted by molar-refractivity contribution is 7.94. The molecular formula is C17H22N3O3S2+. The van der Waals surface area contributed by atoms with Gasteiger partial charge in [-0.2, -0.15) is 0 Å². The number of thiophene rings is 1. The van der Waals surface area contributed by atoms with E-state index in [-0.39, 0.29) is 5.91 Å². The Morgan fingerprint density at radius 3 is 2.36 bits per heavy atom. The fourth-order valence-corrected chi connectivity index (χ4v) is 5.13. The lowest BCUT2D eigenvalue weighted by Crippen LogP contribution is -3.12. The van der Waals surface area contributed by atoms with Crippen LogP contribution in [0.5, 0.6) is 0 Å². The summed E-state index contributed by atoms with van der Waals surface area (Å²) in [5.74, 6) is 0.00261. The molecule has 2 aromatic rings. The highest BCUT2D eigenvalue weighted by atomic mass is 32.2. The molecule has 1 aromatic heterocycles. The number of sulfonamides is 1. The second-order valence-corrected chi connectivity index (χ2v) is 9.34. The smallest absolute Gasteiger partial charge is 0.273 e. The number of amides is 1. The molecule has 6 nitrogen and oxygen atoms in total. The van der Waals surface area contributed by atoms with Crippen LogP contribution in [-0.4, -0.2) is 59.5 Å². The number of carbonyl (C=O) groups excluding carboxylic acids is 1. The maximum Gasteiger partial charge on any atom is 0.273 e. The zero-order valence-corrected chi connectivity index (χ0v) is 15.9. The molecule has 0 saturated carbocycles. The normalized spacial score (nSPS) is 16.0. The molecule has 1 fully saturated rings. The minimum absolute atomic E-state index is 0.00261. The Labute approximate surface area is 152 Å². The SMILES string of the molecule is CN(c1ccc(C(=O)N2CC[NH+](C)CC2)cc1)S(=O)(=O)c1cccs1. The molecule has 0 bridgehead atoms. The minimum Gasteiger partial charge on any atom is -0.334 e. The number of carbonyl (C=O) groups is 1. The van der Waals surface area contributed by atoms with Crippen molar-refractivity contribution in [3.05, 3.63) is 47.3 Å². The third kappa shape index (κ3) is 3.70. The molecule has 1 aliphatic rings. The van der Waals surface area contributed by atoms with Crippen LogP contribution in [0.1, 0.15) is 10.4 Å². The first kappa shape index (κ1) is 17.9. The van der Waals surface area contributed by atoms with Gasteiger partial charge in [0.25, 0.3) is 15.9 Å². The summed E-state index contributed by atoms with van der Waals surface area (Å²) in [5, 5.41) is 1.74. The molecule has 2 heterocycles. The number of nitrogens with one attached hydrogen (secondary N) is 1. The average molecular weight is 381 g/mol. The molecule has 8 heteroatoms. The number of benzene rings is 1. The molecule has 1 N–H and O–H groups in total. The number of nitrogens with zero attached hydrogens (tertiary/aromatic N) is 2. The van der Waals surface area contributed by atoms with Crippen LogP contribution < -0.4 is 9.21 Å². The summed E-state index contributed by atoms with van der Waals surface area (Å²) in [7, 11) is 0.0937. The lowest BCUT2D eigenvalue weighted by atomic mass is 10.1. The summed E-state index contributed by atoms with van der Waals surface area (Å²) >= 11 is 1.19. The number of rotatable bonds is 4. The summed E-state index contributed by atoms with van der Waals surface area (Å²) < 4.78 is 26.6. The Kier molecular flexibility index (Phi) is 5.12. The number of hydrogen-bond donors (Lipinski definition) is 1. The average Bonchev–Trinajstić information content (AvgIpc) is 3.17. The van der Waals surface area contributed by atoms with Crippen LogP contribution in [-0.2, 0) is 10.0 Å². The van der Waals surface area contributed by atoms with Gasteiger partial charge in [-0.1, -0.05) is 6.07 Å². The molecule has 0 radical (unpaired) electrons. The van der Waals surface area contributed by atoms with E-state index in [0.29, 0.717) is 15.5 Å². The molecule has 1 aromatic carbocycles. The van der Waals surface area contributed by atoms with Crippen molar-refractivity contribution in [3.8, 4) is 0 Å². The highest BCUT2D eigenvalue weighted by Crippen LogP contribution is 2.25. The van der Waals surface area contributed by atoms with Crippen molar-refractivity contribution in [2.45, 2.75) is 4.21 Å². The molecule has 0 aliphatic carbocycles. The molecule has 0 atom stereocenters. The zero-order valence-electron chi connectivity index (χ0n) is 14.3. The van der Waals surface area contributed by atoms with Crippen LogP contribution in [0.3, 0.4) is 0 Å². The summed E-state index contributed by atoms with van der Waals surface area (Å²) in [4.78, 5) is 15.8. The minimum atomic E-state index is -3.55. The third-order valence-electron chi connectivity index (χ3n) is 4.49. The van der Waals surface area contributed by atoms with Crippen LogP contribution in [0.2, 0.25) is 0 Å². The lowest BCUT2D eigenvalue weighted by Gasteiger charge is -2.30. The Hall–Kier alpha value is -1.90. The van der Waals surface area contributed by atoms with Crippen molar-refractivity contribution in [2.24, 2.45) is 0 Å². The monoisotopic (exact) mass is 380 g/mol. The van der Waals surface area contributed by atoms with Gasteiger partial charge in [0, 0.05) is 12.6 Å². The fourth-order valence-electron chi connectivity index (χ4n) is 2.77. The van der Waals surface area contributed by atoms with Gasteiger partial charge in [0.2, 0.25) is 0 Å². The first-order chi connectivity index (χ1) is 11.9. The molecule has 1 aliphatic heterocycles. The van der Waals surface area contributed by atoms with E-state index in [2.05, 4.69) is 7.05 Å². The molecule has 1 saturated heterocycles. The number of hydrogen-bond acceptors (Lipinski definition) is 4. The van der Waals surface area contributed by atoms with Crippen molar-refractivity contribution in [2.75, 3.05) is 44.6 Å². The Morgan fingerprint density at radius 2 is 1.80 bits per heavy atom. The summed E-state index contributed by atoms with van der Waals surface area (Å²) in [6.45, 7) is 3.40. The highest BCUT2D eigenvalue weighted by Gasteiger charge is 2.24. The van der Waals surface area contributed by atoms with Crippen LogP contribution in [0.25, 0.3) is 0 Å². The second-order valence-electron chi connectivity index (χ2n) is 6.20. The largest absolute Gasteiger partial charge is 0.334 e. The summed E-state index contributed by atoms with van der Waals surface area (Å²) in [6, 6.07) is 10.1. The van der Waals surface area contributed by atoms with Crippen molar-refractivity contribution in [1.29, 1.82) is 0 Å². The molecule has 134 valence electrons. The van der Waals surface area contributed by atoms with Gasteiger partial charge >= 0.3 is 0 Å². The van der Waals surface area contributed by atoms with E-state index in [0.717, 1.165) is 26.2 Å². The molecule has 3 rings (SSSR count). The summed E-state index contributed by atoms with van der Waals surface area (Å²) in [6.07, 6.45) is 0. The van der Waals surface area contributed by atoms with E-state index in [1.807, 2.05) is 4.90 Å². The Morgan fingerprint density at radius 1 is 1.16 bits per heavy atom. The molecule has 0 unspecified atom stereocenters. The number of quaternary nitrogens is 1. The van der Waals surface area contributed by atoms with Gasteiger partial charge in [0.15, 0.2) is 0 Å². The predicted molar refractivity (Wildman–Crippen MR) is 98.9 cm³/mol. The fraction of sp³-hybridized carbons (Fsp3) is 0.353. The number of piperazine rings is 1. The van der Waals surface area contributed by atoms with Crippen LogP contribution in [0.15, 0.2) is 46.0 Å². The van der Waals surface area contributed by atoms with E-state index < -0.39 is 10.0 Å². The first-order valence-electron chi connectivity index (χ1n) is 8.12. The maximum atomic E-state index is 12.6. The Bertz CT molecular complexity index is 825. The lowest BCUT2D eigenvalue weighted by molar-refractivity contribution is -0.883. The van der Waals surface area contributed by atoms with Gasteiger partial charge in [-0.15, -0.1) is 11.3 Å². The topological polar surface area (TPSA) is 62.1 Å². The molecule has 25 heavy (non-hydrogen) atoms. The standard InChI is InChI=1S/C17H21N3O3S2/c1-18-9-11-20(12-10-18)17(21)14-5-7-15(8-6-14)19(2)25(22,23)16-4-3-13-24-16/h3-8,13H,9-12H2,1-2H3/p+1. The number of anilines is 1. The Balaban J connectivity index is 1.75. The molecule has 0 spiro atoms. The van der Waals surface area contributed by atoms with E-state index in [4.69, 9.17) is 0 Å². The van der Waals surface area contributed by atoms with E-state index in [1.54, 1.807) is 41.8 Å². The quantitative estimate of drug-likeness (QED) is 0.842. The van der Waals surface area contributed by atoms with Crippen LogP contribution in [0, 0.1) is 0 Å². The molecular weight excluding hydrogens is 358 g/mol. The second kappa shape index (κ2) is 7.15. The van der Waals surface area contributed by atoms with Crippen molar-refractivity contribution in [3.63, 3.8) is 0 Å². The number of likely N-dealkylation sites (N-methyl/N-ethyl adjacent to an activating group) is 1. The van der Waals surface area contributed by atoms with Crippen LogP contribution in [0.4, 0.5) is 5.69 Å². The van der Waals surface area contributed by atoms with Gasteiger partial charge in [0.05, 0.1) is 38.9 Å². The van der Waals surface area contributed by atoms with Gasteiger partial charge in [0.1, 0.15) is 4.21 Å². The predicted octanol–water partition coefficient (Wildman–Crippen LogP) is 0.544. The summed E-state index contributed by atoms with van der Waals surface area (Å²) in [5.41, 5.74) is 1.12. The van der Waals surface area contributed by atoms with E-state index >= 15 is 0 Å². The van der Waals surface area contributed by atoms with Gasteiger partial charge in [-0.3, -0.25) is 9.10 Å². The maximum absolute atomic E-state index is 12.6. The van der Waals surface area contributed by atoms with Gasteiger partial charge < -0.3 is 9.80 Å². The van der Waals surface area contributed by atoms with Gasteiger partial charge in [-0.25, -0.2) is 8.42 Å². The zero-order chi connectivity index (χ0) is 18.0. The molecule has 1 amide bonds. The van der Waals surface area contributed by atoms with Crippen molar-refractivity contribution < 1.29 is 18.1 Å².